The first-order valence-electron chi connectivity index (χ1n) is 3.02. The molecule has 0 amide bonds. The third kappa shape index (κ3) is 4.60. The van der Waals surface area contributed by atoms with Crippen LogP contribution in [0.15, 0.2) is 0 Å². The summed E-state index contributed by atoms with van der Waals surface area (Å²) in [5.41, 5.74) is 5.03. The lowest BCUT2D eigenvalue weighted by Crippen LogP contribution is -2.37. The number of aliphatic hydroxyl groups is 1. The predicted octanol–water partition coefficient (Wildman–Crippen LogP) is -0.838. The summed E-state index contributed by atoms with van der Waals surface area (Å²) in [4.78, 5) is 0. The van der Waals surface area contributed by atoms with E-state index < -0.39 is 19.1 Å². The van der Waals surface area contributed by atoms with Gasteiger partial charge < -0.3 is 16.2 Å². The van der Waals surface area contributed by atoms with Crippen LogP contribution in [0.4, 0.5) is 8.78 Å². The normalized spacial score (nSPS) is 12.0. The molecule has 4 N–H and O–H groups in total. The van der Waals surface area contributed by atoms with Crippen LogP contribution in [-0.2, 0) is 0 Å². The van der Waals surface area contributed by atoms with Gasteiger partial charge in [-0.15, -0.1) is 0 Å². The second-order valence-corrected chi connectivity index (χ2v) is 1.98. The quantitative estimate of drug-likeness (QED) is 0.453. The topological polar surface area (TPSA) is 58.3 Å². The van der Waals surface area contributed by atoms with Gasteiger partial charge in [0.05, 0.1) is 6.54 Å². The Kier molecular flexibility index (Phi) is 4.42. The summed E-state index contributed by atoms with van der Waals surface area (Å²) in [6.07, 6.45) is 0. The fourth-order valence-corrected chi connectivity index (χ4v) is 0.429. The van der Waals surface area contributed by atoms with Gasteiger partial charge in [-0.05, 0) is 0 Å². The van der Waals surface area contributed by atoms with Crippen molar-refractivity contribution in [2.75, 3.05) is 26.2 Å². The SMILES string of the molecule is NCCNCC(F)(F)CO. The van der Waals surface area contributed by atoms with Gasteiger partial charge in [0.2, 0.25) is 0 Å². The number of nitrogens with two attached hydrogens (primary N) is 1. The minimum absolute atomic E-state index is 0.321. The monoisotopic (exact) mass is 154 g/mol. The second-order valence-electron chi connectivity index (χ2n) is 1.98. The first kappa shape index (κ1) is 9.74. The molecule has 0 spiro atoms. The van der Waals surface area contributed by atoms with Crippen LogP contribution in [0.5, 0.6) is 0 Å². The molecule has 0 fully saturated rings. The highest BCUT2D eigenvalue weighted by molar-refractivity contribution is 4.67. The van der Waals surface area contributed by atoms with Crippen LogP contribution >= 0.6 is 0 Å². The highest BCUT2D eigenvalue weighted by Gasteiger charge is 2.26. The second kappa shape index (κ2) is 4.54. The summed E-state index contributed by atoms with van der Waals surface area (Å²) < 4.78 is 24.2. The number of aliphatic hydroxyl groups excluding tert-OH is 1. The minimum Gasteiger partial charge on any atom is -0.390 e. The van der Waals surface area contributed by atoms with E-state index in [0.29, 0.717) is 13.1 Å². The zero-order valence-electron chi connectivity index (χ0n) is 5.61. The van der Waals surface area contributed by atoms with Crippen LogP contribution in [0.25, 0.3) is 0 Å². The van der Waals surface area contributed by atoms with E-state index in [1.54, 1.807) is 0 Å². The Bertz CT molecular complexity index is 89.7. The Labute approximate surface area is 58.2 Å². The maximum Gasteiger partial charge on any atom is 0.282 e. The molecule has 0 rings (SSSR count). The molecule has 0 aromatic carbocycles. The Balaban J connectivity index is 3.28. The van der Waals surface area contributed by atoms with Gasteiger partial charge in [0.25, 0.3) is 5.92 Å². The van der Waals surface area contributed by atoms with E-state index in [-0.39, 0.29) is 0 Å². The van der Waals surface area contributed by atoms with Gasteiger partial charge in [-0.3, -0.25) is 0 Å². The van der Waals surface area contributed by atoms with E-state index in [0.717, 1.165) is 0 Å². The third-order valence-corrected chi connectivity index (χ3v) is 0.936. The van der Waals surface area contributed by atoms with E-state index in [1.807, 2.05) is 0 Å². The van der Waals surface area contributed by atoms with Crippen molar-refractivity contribution in [3.8, 4) is 0 Å². The fraction of sp³-hybridized carbons (Fsp3) is 1.00. The molecule has 3 nitrogen and oxygen atoms in total. The summed E-state index contributed by atoms with van der Waals surface area (Å²) in [6, 6.07) is 0. The van der Waals surface area contributed by atoms with Crippen LogP contribution in [0.2, 0.25) is 0 Å². The number of nitrogens with one attached hydrogen (secondary N) is 1. The van der Waals surface area contributed by atoms with E-state index in [9.17, 15) is 8.78 Å². The standard InChI is InChI=1S/C5H12F2N2O/c6-5(7,4-10)3-9-2-1-8/h9-10H,1-4,8H2. The first-order chi connectivity index (χ1) is 4.62. The molecule has 0 atom stereocenters. The Morgan fingerprint density at radius 2 is 2.10 bits per heavy atom. The lowest BCUT2D eigenvalue weighted by molar-refractivity contribution is -0.0472. The number of hydrogen-bond donors (Lipinski definition) is 3. The van der Waals surface area contributed by atoms with Crippen LogP contribution in [0.3, 0.4) is 0 Å². The van der Waals surface area contributed by atoms with Gasteiger partial charge in [-0.2, -0.15) is 0 Å². The number of hydrogen-bond acceptors (Lipinski definition) is 3. The Hall–Kier alpha value is -0.260. The molecule has 0 aliphatic rings. The molecule has 0 aromatic heterocycles. The highest BCUT2D eigenvalue weighted by Crippen LogP contribution is 2.08. The maximum absolute atomic E-state index is 12.1. The number of rotatable bonds is 5. The van der Waals surface area contributed by atoms with E-state index >= 15 is 0 Å². The average molecular weight is 154 g/mol. The summed E-state index contributed by atoms with van der Waals surface area (Å²) in [6.45, 7) is -0.970. The Morgan fingerprint density at radius 1 is 1.50 bits per heavy atom. The Morgan fingerprint density at radius 3 is 2.50 bits per heavy atom. The van der Waals surface area contributed by atoms with Crippen molar-refractivity contribution < 1.29 is 13.9 Å². The molecule has 0 radical (unpaired) electrons. The maximum atomic E-state index is 12.1. The van der Waals surface area contributed by atoms with Gasteiger partial charge in [0.1, 0.15) is 6.61 Å². The van der Waals surface area contributed by atoms with Crippen molar-refractivity contribution in [2.24, 2.45) is 5.73 Å². The van der Waals surface area contributed by atoms with Crippen molar-refractivity contribution in [3.63, 3.8) is 0 Å². The van der Waals surface area contributed by atoms with Gasteiger partial charge in [-0.1, -0.05) is 0 Å². The molecule has 0 heterocycles. The predicted molar refractivity (Wildman–Crippen MR) is 34.0 cm³/mol. The zero-order valence-corrected chi connectivity index (χ0v) is 5.61. The molecular weight excluding hydrogens is 142 g/mol. The molecule has 0 aliphatic carbocycles. The van der Waals surface area contributed by atoms with Crippen molar-refractivity contribution in [3.05, 3.63) is 0 Å². The van der Waals surface area contributed by atoms with Gasteiger partial charge in [0, 0.05) is 13.1 Å². The molecule has 62 valence electrons. The van der Waals surface area contributed by atoms with Crippen molar-refractivity contribution in [1.29, 1.82) is 0 Å². The zero-order chi connectivity index (χ0) is 8.04. The highest BCUT2D eigenvalue weighted by atomic mass is 19.3. The molecule has 0 bridgehead atoms. The molecule has 0 aliphatic heterocycles. The molecule has 0 unspecified atom stereocenters. The fourth-order valence-electron chi connectivity index (χ4n) is 0.429. The minimum atomic E-state index is -3.02. The van der Waals surface area contributed by atoms with Gasteiger partial charge in [0.15, 0.2) is 0 Å². The molecule has 5 heteroatoms. The van der Waals surface area contributed by atoms with Crippen LogP contribution in [-0.4, -0.2) is 37.3 Å². The smallest absolute Gasteiger partial charge is 0.282 e. The molecule has 0 saturated carbocycles. The van der Waals surface area contributed by atoms with E-state index in [4.69, 9.17) is 10.8 Å². The van der Waals surface area contributed by atoms with Crippen molar-refractivity contribution >= 4 is 0 Å². The third-order valence-electron chi connectivity index (χ3n) is 0.936. The summed E-state index contributed by atoms with van der Waals surface area (Å²) in [5, 5.41) is 10.5. The number of halogens is 2. The first-order valence-corrected chi connectivity index (χ1v) is 3.02. The molecule has 0 saturated heterocycles. The summed E-state index contributed by atoms with van der Waals surface area (Å²) in [5.74, 6) is -3.02. The average Bonchev–Trinajstić information content (AvgIpc) is 1.89. The molecular formula is C5H12F2N2O. The molecule has 0 aromatic rings. The summed E-state index contributed by atoms with van der Waals surface area (Å²) >= 11 is 0. The number of alkyl halides is 2. The largest absolute Gasteiger partial charge is 0.390 e. The van der Waals surface area contributed by atoms with Crippen LogP contribution in [0, 0.1) is 0 Å². The van der Waals surface area contributed by atoms with Gasteiger partial charge in [-0.25, -0.2) is 8.78 Å². The van der Waals surface area contributed by atoms with E-state index in [1.165, 1.54) is 0 Å². The van der Waals surface area contributed by atoms with Crippen molar-refractivity contribution in [2.45, 2.75) is 5.92 Å². The molecule has 10 heavy (non-hydrogen) atoms. The van der Waals surface area contributed by atoms with Crippen LogP contribution < -0.4 is 11.1 Å². The van der Waals surface area contributed by atoms with E-state index in [2.05, 4.69) is 5.32 Å². The lowest BCUT2D eigenvalue weighted by atomic mass is 10.3. The van der Waals surface area contributed by atoms with Crippen molar-refractivity contribution in [1.82, 2.24) is 5.32 Å². The van der Waals surface area contributed by atoms with Gasteiger partial charge >= 0.3 is 0 Å². The summed E-state index contributed by atoms with van der Waals surface area (Å²) in [7, 11) is 0. The van der Waals surface area contributed by atoms with Crippen LogP contribution in [0.1, 0.15) is 0 Å². The lowest BCUT2D eigenvalue weighted by Gasteiger charge is -2.12.